The van der Waals surface area contributed by atoms with Crippen LogP contribution in [0.15, 0.2) is 71.2 Å². The molecule has 0 aliphatic carbocycles. The van der Waals surface area contributed by atoms with Gasteiger partial charge in [-0.1, -0.05) is 52.3 Å². The van der Waals surface area contributed by atoms with Gasteiger partial charge in [0.05, 0.1) is 16.8 Å². The van der Waals surface area contributed by atoms with Crippen molar-refractivity contribution >= 4 is 43.6 Å². The van der Waals surface area contributed by atoms with Crippen molar-refractivity contribution in [3.8, 4) is 11.3 Å². The minimum Gasteiger partial charge on any atom is -0.478 e. The maximum atomic E-state index is 11.7. The van der Waals surface area contributed by atoms with Crippen molar-refractivity contribution in [2.75, 3.05) is 0 Å². The number of carbonyl (C=O) groups is 1. The molecular weight excluding hydrogens is 366 g/mol. The minimum atomic E-state index is -0.956. The second-order valence-electron chi connectivity index (χ2n) is 5.58. The van der Waals surface area contributed by atoms with Crippen molar-refractivity contribution in [2.24, 2.45) is 0 Å². The zero-order valence-corrected chi connectivity index (χ0v) is 14.1. The number of aromatic carboxylic acids is 1. The van der Waals surface area contributed by atoms with E-state index < -0.39 is 5.97 Å². The van der Waals surface area contributed by atoms with Gasteiger partial charge in [-0.25, -0.2) is 9.78 Å². The third-order valence-corrected chi connectivity index (χ3v) is 4.54. The molecule has 3 aromatic carbocycles. The van der Waals surface area contributed by atoms with E-state index in [0.29, 0.717) is 16.6 Å². The first-order valence-corrected chi connectivity index (χ1v) is 8.24. The van der Waals surface area contributed by atoms with Gasteiger partial charge in [-0.2, -0.15) is 0 Å². The van der Waals surface area contributed by atoms with Gasteiger partial charge < -0.3 is 5.11 Å². The molecule has 0 amide bonds. The summed E-state index contributed by atoms with van der Waals surface area (Å²) in [5.41, 5.74) is 2.49. The number of halogens is 1. The highest BCUT2D eigenvalue weighted by molar-refractivity contribution is 9.10. The van der Waals surface area contributed by atoms with Gasteiger partial charge in [0.25, 0.3) is 0 Å². The lowest BCUT2D eigenvalue weighted by molar-refractivity contribution is 0.0699. The Morgan fingerprint density at radius 2 is 1.71 bits per heavy atom. The smallest absolute Gasteiger partial charge is 0.336 e. The number of benzene rings is 3. The number of pyridine rings is 1. The lowest BCUT2D eigenvalue weighted by Crippen LogP contribution is -2.00. The predicted molar refractivity (Wildman–Crippen MR) is 99.3 cm³/mol. The molecule has 0 saturated heterocycles. The molecule has 0 fully saturated rings. The number of aromatic nitrogens is 1. The van der Waals surface area contributed by atoms with E-state index in [0.717, 1.165) is 20.8 Å². The number of hydrogen-bond donors (Lipinski definition) is 1. The number of fused-ring (bicyclic) bond motifs is 2. The number of hydrogen-bond acceptors (Lipinski definition) is 2. The third kappa shape index (κ3) is 2.55. The SMILES string of the molecule is O=C(O)c1cc(-c2ccc3ccccc3c2)nc2ccc(Br)cc12. The second-order valence-corrected chi connectivity index (χ2v) is 6.50. The highest BCUT2D eigenvalue weighted by Gasteiger charge is 2.13. The summed E-state index contributed by atoms with van der Waals surface area (Å²) in [5, 5.41) is 12.4. The maximum absolute atomic E-state index is 11.7. The number of carboxylic acid groups (broad SMARTS) is 1. The first kappa shape index (κ1) is 14.8. The van der Waals surface area contributed by atoms with Crippen molar-refractivity contribution in [3.63, 3.8) is 0 Å². The predicted octanol–water partition coefficient (Wildman–Crippen LogP) is 5.52. The zero-order valence-electron chi connectivity index (χ0n) is 12.5. The van der Waals surface area contributed by atoms with Crippen LogP contribution in [0.4, 0.5) is 0 Å². The molecule has 1 aromatic heterocycles. The Hall–Kier alpha value is -2.72. The summed E-state index contributed by atoms with van der Waals surface area (Å²) in [4.78, 5) is 16.3. The molecule has 4 rings (SSSR count). The Morgan fingerprint density at radius 1 is 0.917 bits per heavy atom. The molecule has 24 heavy (non-hydrogen) atoms. The number of carboxylic acids is 1. The lowest BCUT2D eigenvalue weighted by atomic mass is 10.0. The summed E-state index contributed by atoms with van der Waals surface area (Å²) in [5.74, 6) is -0.956. The largest absolute Gasteiger partial charge is 0.478 e. The van der Waals surface area contributed by atoms with Gasteiger partial charge in [0.2, 0.25) is 0 Å². The van der Waals surface area contributed by atoms with Crippen LogP contribution >= 0.6 is 15.9 Å². The zero-order chi connectivity index (χ0) is 16.7. The Bertz CT molecular complexity index is 1110. The topological polar surface area (TPSA) is 50.2 Å². The molecule has 0 bridgehead atoms. The van der Waals surface area contributed by atoms with Crippen LogP contribution in [-0.2, 0) is 0 Å². The number of nitrogens with zero attached hydrogens (tertiary/aromatic N) is 1. The molecule has 1 heterocycles. The van der Waals surface area contributed by atoms with Crippen LogP contribution in [0, 0.1) is 0 Å². The van der Waals surface area contributed by atoms with Crippen molar-refractivity contribution < 1.29 is 9.90 Å². The fraction of sp³-hybridized carbons (Fsp3) is 0. The van der Waals surface area contributed by atoms with E-state index >= 15 is 0 Å². The monoisotopic (exact) mass is 377 g/mol. The first-order valence-electron chi connectivity index (χ1n) is 7.44. The van der Waals surface area contributed by atoms with E-state index in [-0.39, 0.29) is 5.56 Å². The van der Waals surface area contributed by atoms with Crippen LogP contribution in [0.2, 0.25) is 0 Å². The molecule has 0 aliphatic heterocycles. The molecule has 0 atom stereocenters. The fourth-order valence-electron chi connectivity index (χ4n) is 2.87. The van der Waals surface area contributed by atoms with E-state index in [1.165, 1.54) is 0 Å². The molecule has 4 aromatic rings. The van der Waals surface area contributed by atoms with Crippen LogP contribution in [0.5, 0.6) is 0 Å². The standard InChI is InChI=1S/C20H12BrNO2/c21-15-7-8-18-16(10-15)17(20(23)24)11-19(22-18)14-6-5-12-3-1-2-4-13(12)9-14/h1-11H,(H,23,24). The summed E-state index contributed by atoms with van der Waals surface area (Å²) in [6, 6.07) is 21.2. The Balaban J connectivity index is 1.98. The van der Waals surface area contributed by atoms with Crippen LogP contribution in [0.3, 0.4) is 0 Å². The summed E-state index contributed by atoms with van der Waals surface area (Å²) in [6.07, 6.45) is 0. The van der Waals surface area contributed by atoms with E-state index in [1.54, 1.807) is 12.1 Å². The molecule has 0 radical (unpaired) electrons. The van der Waals surface area contributed by atoms with E-state index in [4.69, 9.17) is 0 Å². The number of rotatable bonds is 2. The molecule has 116 valence electrons. The summed E-state index contributed by atoms with van der Waals surface area (Å²) in [6.45, 7) is 0. The normalized spacial score (nSPS) is 11.0. The van der Waals surface area contributed by atoms with Gasteiger partial charge in [0.15, 0.2) is 0 Å². The van der Waals surface area contributed by atoms with Crippen LogP contribution in [-0.4, -0.2) is 16.1 Å². The van der Waals surface area contributed by atoms with Crippen LogP contribution in [0.25, 0.3) is 32.9 Å². The Labute approximate surface area is 146 Å². The molecular formula is C20H12BrNO2. The van der Waals surface area contributed by atoms with Gasteiger partial charge in [-0.3, -0.25) is 0 Å². The molecule has 4 heteroatoms. The molecule has 0 aliphatic rings. The Morgan fingerprint density at radius 3 is 2.50 bits per heavy atom. The highest BCUT2D eigenvalue weighted by Crippen LogP contribution is 2.29. The quantitative estimate of drug-likeness (QED) is 0.500. The van der Waals surface area contributed by atoms with Crippen LogP contribution < -0.4 is 0 Å². The van der Waals surface area contributed by atoms with E-state index in [2.05, 4.69) is 20.9 Å². The first-order chi connectivity index (χ1) is 11.6. The van der Waals surface area contributed by atoms with E-state index in [9.17, 15) is 9.90 Å². The average Bonchev–Trinajstić information content (AvgIpc) is 2.60. The molecule has 0 unspecified atom stereocenters. The van der Waals surface area contributed by atoms with Crippen molar-refractivity contribution in [2.45, 2.75) is 0 Å². The van der Waals surface area contributed by atoms with E-state index in [1.807, 2.05) is 54.6 Å². The fourth-order valence-corrected chi connectivity index (χ4v) is 3.23. The molecule has 0 saturated carbocycles. The van der Waals surface area contributed by atoms with Gasteiger partial charge in [0, 0.05) is 15.4 Å². The Kier molecular flexibility index (Phi) is 3.54. The van der Waals surface area contributed by atoms with Crippen molar-refractivity contribution in [1.82, 2.24) is 4.98 Å². The molecule has 1 N–H and O–H groups in total. The highest BCUT2D eigenvalue weighted by atomic mass is 79.9. The third-order valence-electron chi connectivity index (χ3n) is 4.05. The van der Waals surface area contributed by atoms with Gasteiger partial charge in [-0.15, -0.1) is 0 Å². The minimum absolute atomic E-state index is 0.254. The second kappa shape index (κ2) is 5.73. The summed E-state index contributed by atoms with van der Waals surface area (Å²) >= 11 is 3.39. The van der Waals surface area contributed by atoms with Gasteiger partial charge in [0.1, 0.15) is 0 Å². The molecule has 3 nitrogen and oxygen atoms in total. The van der Waals surface area contributed by atoms with Gasteiger partial charge >= 0.3 is 5.97 Å². The molecule has 0 spiro atoms. The summed E-state index contributed by atoms with van der Waals surface area (Å²) in [7, 11) is 0. The average molecular weight is 378 g/mol. The lowest BCUT2D eigenvalue weighted by Gasteiger charge is -2.08. The van der Waals surface area contributed by atoms with Crippen LogP contribution in [0.1, 0.15) is 10.4 Å². The van der Waals surface area contributed by atoms with Gasteiger partial charge in [-0.05, 0) is 41.1 Å². The van der Waals surface area contributed by atoms with Crippen molar-refractivity contribution in [1.29, 1.82) is 0 Å². The summed E-state index contributed by atoms with van der Waals surface area (Å²) < 4.78 is 0.831. The maximum Gasteiger partial charge on any atom is 0.336 e. The van der Waals surface area contributed by atoms with Crippen molar-refractivity contribution in [3.05, 3.63) is 76.8 Å².